The molecule has 1 amide bonds. The molecule has 1 fully saturated rings. The molecule has 0 atom stereocenters. The number of aryl methyl sites for hydroxylation is 1. The number of oxime groups is 1. The predicted octanol–water partition coefficient (Wildman–Crippen LogP) is 3.10. The van der Waals surface area contributed by atoms with Crippen molar-refractivity contribution in [1.82, 2.24) is 4.90 Å². The fourth-order valence-electron chi connectivity index (χ4n) is 2.30. The lowest BCUT2D eigenvalue weighted by molar-refractivity contribution is -0.125. The molecule has 1 heterocycles. The first kappa shape index (κ1) is 15.9. The van der Waals surface area contributed by atoms with Crippen molar-refractivity contribution < 1.29 is 9.63 Å². The average molecular weight is 306 g/mol. The van der Waals surface area contributed by atoms with Crippen LogP contribution in [0.5, 0.6) is 0 Å². The second-order valence-corrected chi connectivity index (χ2v) is 6.22. The molecule has 1 saturated heterocycles. The molecule has 21 heavy (non-hydrogen) atoms. The van der Waals surface area contributed by atoms with Gasteiger partial charge in [0, 0.05) is 23.7 Å². The minimum atomic E-state index is 0.0103. The predicted molar refractivity (Wildman–Crippen MR) is 86.8 cm³/mol. The number of carbonyl (C=O) groups excluding carboxylic acids is 1. The van der Waals surface area contributed by atoms with Crippen molar-refractivity contribution in [2.24, 2.45) is 5.16 Å². The summed E-state index contributed by atoms with van der Waals surface area (Å²) < 4.78 is 0. The summed E-state index contributed by atoms with van der Waals surface area (Å²) in [4.78, 5) is 20.3. The van der Waals surface area contributed by atoms with Gasteiger partial charge >= 0.3 is 0 Å². The minimum Gasteiger partial charge on any atom is -0.399 e. The molecule has 0 N–H and O–H groups in total. The highest BCUT2D eigenvalue weighted by Gasteiger charge is 2.22. The number of thioether (sulfide) groups is 1. The van der Waals surface area contributed by atoms with Crippen LogP contribution in [0.4, 0.5) is 0 Å². The summed E-state index contributed by atoms with van der Waals surface area (Å²) in [6.07, 6.45) is 3.37. The van der Waals surface area contributed by atoms with Crippen LogP contribution < -0.4 is 0 Å². The largest absolute Gasteiger partial charge is 0.399 e. The molecule has 0 spiro atoms. The maximum absolute atomic E-state index is 12.5. The number of piperidine rings is 1. The second kappa shape index (κ2) is 8.08. The number of likely N-dealkylation sites (tertiary alicyclic amines) is 1. The van der Waals surface area contributed by atoms with E-state index >= 15 is 0 Å². The highest BCUT2D eigenvalue weighted by molar-refractivity contribution is 8.00. The summed E-state index contributed by atoms with van der Waals surface area (Å²) in [6, 6.07) is 8.27. The Kier molecular flexibility index (Phi) is 6.11. The van der Waals surface area contributed by atoms with Crippen molar-refractivity contribution in [2.75, 3.05) is 26.0 Å². The molecule has 5 heteroatoms. The molecule has 0 aliphatic carbocycles. The Morgan fingerprint density at radius 2 is 1.90 bits per heavy atom. The molecule has 0 aromatic heterocycles. The SMILES string of the molecule is CO/N=C(/CSc1ccc(C)cc1)C(=O)N1CCCCC1. The zero-order valence-corrected chi connectivity index (χ0v) is 13.5. The molecule has 1 aromatic rings. The van der Waals surface area contributed by atoms with E-state index in [-0.39, 0.29) is 5.91 Å². The summed E-state index contributed by atoms with van der Waals surface area (Å²) >= 11 is 1.61. The number of carbonyl (C=O) groups is 1. The third kappa shape index (κ3) is 4.77. The maximum atomic E-state index is 12.5. The number of hydrogen-bond acceptors (Lipinski definition) is 4. The van der Waals surface area contributed by atoms with Crippen LogP contribution in [0, 0.1) is 6.92 Å². The lowest BCUT2D eigenvalue weighted by Gasteiger charge is -2.26. The van der Waals surface area contributed by atoms with Gasteiger partial charge in [-0.2, -0.15) is 0 Å². The molecule has 114 valence electrons. The van der Waals surface area contributed by atoms with E-state index in [1.165, 1.54) is 19.1 Å². The van der Waals surface area contributed by atoms with E-state index < -0.39 is 0 Å². The normalized spacial score (nSPS) is 15.9. The zero-order valence-electron chi connectivity index (χ0n) is 12.7. The van der Waals surface area contributed by atoms with Gasteiger partial charge in [0.15, 0.2) is 5.71 Å². The van der Waals surface area contributed by atoms with E-state index in [2.05, 4.69) is 36.3 Å². The van der Waals surface area contributed by atoms with Crippen LogP contribution in [0.15, 0.2) is 34.3 Å². The number of benzene rings is 1. The van der Waals surface area contributed by atoms with E-state index in [0.717, 1.165) is 30.8 Å². The monoisotopic (exact) mass is 306 g/mol. The number of rotatable bonds is 5. The summed E-state index contributed by atoms with van der Waals surface area (Å²) in [6.45, 7) is 3.72. The zero-order chi connectivity index (χ0) is 15.1. The van der Waals surface area contributed by atoms with Crippen molar-refractivity contribution in [1.29, 1.82) is 0 Å². The fraction of sp³-hybridized carbons (Fsp3) is 0.500. The minimum absolute atomic E-state index is 0.0103. The number of nitrogens with zero attached hydrogens (tertiary/aromatic N) is 2. The van der Waals surface area contributed by atoms with Crippen LogP contribution in [0.3, 0.4) is 0 Å². The third-order valence-electron chi connectivity index (χ3n) is 3.49. The Morgan fingerprint density at radius 3 is 2.52 bits per heavy atom. The molecule has 1 aliphatic heterocycles. The molecule has 1 aromatic carbocycles. The van der Waals surface area contributed by atoms with Gasteiger partial charge in [-0.15, -0.1) is 11.8 Å². The van der Waals surface area contributed by atoms with Crippen LogP contribution in [-0.2, 0) is 9.63 Å². The molecule has 4 nitrogen and oxygen atoms in total. The van der Waals surface area contributed by atoms with Crippen molar-refractivity contribution in [3.05, 3.63) is 29.8 Å². The lowest BCUT2D eigenvalue weighted by Crippen LogP contribution is -2.40. The van der Waals surface area contributed by atoms with Crippen LogP contribution >= 0.6 is 11.8 Å². The summed E-state index contributed by atoms with van der Waals surface area (Å²) in [7, 11) is 1.49. The quantitative estimate of drug-likeness (QED) is 0.477. The van der Waals surface area contributed by atoms with Gasteiger partial charge in [-0.1, -0.05) is 22.9 Å². The van der Waals surface area contributed by atoms with Crippen LogP contribution in [0.1, 0.15) is 24.8 Å². The number of hydrogen-bond donors (Lipinski definition) is 0. The molecule has 2 rings (SSSR count). The van der Waals surface area contributed by atoms with Gasteiger partial charge in [-0.25, -0.2) is 0 Å². The van der Waals surface area contributed by atoms with Gasteiger partial charge < -0.3 is 9.74 Å². The summed E-state index contributed by atoms with van der Waals surface area (Å²) in [5, 5.41) is 3.94. The molecule has 0 saturated carbocycles. The smallest absolute Gasteiger partial charge is 0.272 e. The number of amides is 1. The Bertz CT molecular complexity index is 494. The van der Waals surface area contributed by atoms with E-state index in [4.69, 9.17) is 4.84 Å². The molecule has 1 aliphatic rings. The molecule has 0 radical (unpaired) electrons. The Balaban J connectivity index is 1.96. The topological polar surface area (TPSA) is 41.9 Å². The van der Waals surface area contributed by atoms with Gasteiger partial charge in [-0.3, -0.25) is 4.79 Å². The Labute approximate surface area is 130 Å². The standard InChI is InChI=1S/C16H22N2O2S/c1-13-6-8-14(9-7-13)21-12-15(17-20-2)16(19)18-10-4-3-5-11-18/h6-9H,3-5,10-12H2,1-2H3/b17-15-. The molecule has 0 unspecified atom stereocenters. The Morgan fingerprint density at radius 1 is 1.24 bits per heavy atom. The first-order valence-electron chi connectivity index (χ1n) is 7.29. The van der Waals surface area contributed by atoms with Crippen molar-refractivity contribution in [3.63, 3.8) is 0 Å². The third-order valence-corrected chi connectivity index (χ3v) is 4.51. The molecular formula is C16H22N2O2S. The van der Waals surface area contributed by atoms with E-state index in [1.807, 2.05) is 4.90 Å². The highest BCUT2D eigenvalue weighted by atomic mass is 32.2. The first-order valence-corrected chi connectivity index (χ1v) is 8.28. The van der Waals surface area contributed by atoms with Gasteiger partial charge in [-0.05, 0) is 38.3 Å². The van der Waals surface area contributed by atoms with E-state index in [1.54, 1.807) is 11.8 Å². The summed E-state index contributed by atoms with van der Waals surface area (Å²) in [5.41, 5.74) is 1.72. The lowest BCUT2D eigenvalue weighted by atomic mass is 10.1. The fourth-order valence-corrected chi connectivity index (χ4v) is 3.11. The first-order chi connectivity index (χ1) is 10.2. The van der Waals surface area contributed by atoms with Crippen molar-refractivity contribution >= 4 is 23.4 Å². The van der Waals surface area contributed by atoms with E-state index in [9.17, 15) is 4.79 Å². The van der Waals surface area contributed by atoms with Gasteiger partial charge in [0.05, 0.1) is 0 Å². The van der Waals surface area contributed by atoms with Gasteiger partial charge in [0.25, 0.3) is 5.91 Å². The van der Waals surface area contributed by atoms with Crippen molar-refractivity contribution in [2.45, 2.75) is 31.1 Å². The second-order valence-electron chi connectivity index (χ2n) is 5.18. The highest BCUT2D eigenvalue weighted by Crippen LogP contribution is 2.19. The summed E-state index contributed by atoms with van der Waals surface area (Å²) in [5.74, 6) is 0.544. The van der Waals surface area contributed by atoms with E-state index in [0.29, 0.717) is 11.5 Å². The van der Waals surface area contributed by atoms with Crippen LogP contribution in [0.25, 0.3) is 0 Å². The van der Waals surface area contributed by atoms with Crippen LogP contribution in [-0.4, -0.2) is 42.5 Å². The van der Waals surface area contributed by atoms with Crippen molar-refractivity contribution in [3.8, 4) is 0 Å². The average Bonchev–Trinajstić information content (AvgIpc) is 2.53. The Hall–Kier alpha value is -1.49. The maximum Gasteiger partial charge on any atom is 0.272 e. The van der Waals surface area contributed by atoms with Gasteiger partial charge in [0.1, 0.15) is 7.11 Å². The molecular weight excluding hydrogens is 284 g/mol. The van der Waals surface area contributed by atoms with Gasteiger partial charge in [0.2, 0.25) is 0 Å². The van der Waals surface area contributed by atoms with Crippen LogP contribution in [0.2, 0.25) is 0 Å². The molecule has 0 bridgehead atoms.